The lowest BCUT2D eigenvalue weighted by Crippen LogP contribution is -2.12. The van der Waals surface area contributed by atoms with E-state index in [2.05, 4.69) is 5.32 Å². The molecular weight excluding hydrogens is 328 g/mol. The molecule has 0 unspecified atom stereocenters. The largest absolute Gasteiger partial charge is 0.321 e. The van der Waals surface area contributed by atoms with E-state index in [1.54, 1.807) is 30.3 Å². The quantitative estimate of drug-likeness (QED) is 0.766. The molecule has 2 aromatic carbocycles. The van der Waals surface area contributed by atoms with Crippen molar-refractivity contribution in [3.63, 3.8) is 0 Å². The second kappa shape index (κ2) is 6.02. The van der Waals surface area contributed by atoms with Crippen LogP contribution in [-0.2, 0) is 0 Å². The first kappa shape index (κ1) is 14.5. The molecule has 0 aliphatic carbocycles. The Hall–Kier alpha value is -0.930. The number of benzene rings is 2. The molecule has 0 heterocycles. The highest BCUT2D eigenvalue weighted by Gasteiger charge is 2.13. The molecule has 2 aromatic rings. The van der Waals surface area contributed by atoms with Crippen molar-refractivity contribution in [1.82, 2.24) is 0 Å². The van der Waals surface area contributed by atoms with E-state index >= 15 is 0 Å². The van der Waals surface area contributed by atoms with Crippen molar-refractivity contribution in [2.45, 2.75) is 0 Å². The van der Waals surface area contributed by atoms with Crippen molar-refractivity contribution in [2.75, 3.05) is 5.32 Å². The van der Waals surface area contributed by atoms with Crippen molar-refractivity contribution in [2.24, 2.45) is 0 Å². The zero-order chi connectivity index (χ0) is 14.0. The summed E-state index contributed by atoms with van der Waals surface area (Å²) in [6, 6.07) is 9.42. The normalized spacial score (nSPS) is 10.3. The van der Waals surface area contributed by atoms with Crippen LogP contribution in [0.2, 0.25) is 20.1 Å². The minimum Gasteiger partial charge on any atom is -0.321 e. The number of amides is 1. The monoisotopic (exact) mass is 333 g/mol. The standard InChI is InChI=1S/C13H7Cl4NO/c14-7-1-3-10(16)9(5-7)13(19)18-12-6-8(15)2-4-11(12)17/h1-6H,(H,18,19). The maximum Gasteiger partial charge on any atom is 0.257 e. The molecule has 6 heteroatoms. The van der Waals surface area contributed by atoms with Crippen LogP contribution in [0.3, 0.4) is 0 Å². The molecule has 0 fully saturated rings. The molecule has 1 amide bonds. The summed E-state index contributed by atoms with van der Waals surface area (Å²) in [6.07, 6.45) is 0. The molecule has 98 valence electrons. The summed E-state index contributed by atoms with van der Waals surface area (Å²) in [5.74, 6) is -0.406. The van der Waals surface area contributed by atoms with Gasteiger partial charge in [-0.05, 0) is 36.4 Å². The maximum atomic E-state index is 12.1. The van der Waals surface area contributed by atoms with Crippen LogP contribution in [0.15, 0.2) is 36.4 Å². The van der Waals surface area contributed by atoms with Crippen molar-refractivity contribution >= 4 is 58.0 Å². The number of nitrogens with one attached hydrogen (secondary N) is 1. The van der Waals surface area contributed by atoms with Crippen LogP contribution >= 0.6 is 46.4 Å². The third kappa shape index (κ3) is 3.54. The summed E-state index contributed by atoms with van der Waals surface area (Å²) < 4.78 is 0. The molecule has 0 saturated carbocycles. The fraction of sp³-hybridized carbons (Fsp3) is 0. The zero-order valence-electron chi connectivity index (χ0n) is 9.38. The Morgan fingerprint density at radius 2 is 1.42 bits per heavy atom. The molecule has 0 aliphatic heterocycles. The molecule has 1 N–H and O–H groups in total. The Morgan fingerprint density at radius 1 is 0.842 bits per heavy atom. The lowest BCUT2D eigenvalue weighted by molar-refractivity contribution is 0.102. The Morgan fingerprint density at radius 3 is 2.11 bits per heavy atom. The lowest BCUT2D eigenvalue weighted by atomic mass is 10.2. The predicted molar refractivity (Wildman–Crippen MR) is 80.9 cm³/mol. The topological polar surface area (TPSA) is 29.1 Å². The highest BCUT2D eigenvalue weighted by Crippen LogP contribution is 2.27. The molecular formula is C13H7Cl4NO. The SMILES string of the molecule is O=C(Nc1cc(Cl)ccc1Cl)c1cc(Cl)ccc1Cl. The number of anilines is 1. The van der Waals surface area contributed by atoms with Crippen molar-refractivity contribution < 1.29 is 4.79 Å². The summed E-state index contributed by atoms with van der Waals surface area (Å²) in [5, 5.41) is 4.22. The average molecular weight is 335 g/mol. The first-order valence-electron chi connectivity index (χ1n) is 5.19. The van der Waals surface area contributed by atoms with Gasteiger partial charge in [-0.25, -0.2) is 0 Å². The van der Waals surface area contributed by atoms with Crippen LogP contribution in [0.25, 0.3) is 0 Å². The summed E-state index contributed by atoms with van der Waals surface area (Å²) in [5.41, 5.74) is 0.681. The van der Waals surface area contributed by atoms with E-state index in [0.717, 1.165) is 0 Å². The second-order valence-corrected chi connectivity index (χ2v) is 5.39. The molecule has 19 heavy (non-hydrogen) atoms. The third-order valence-electron chi connectivity index (χ3n) is 2.35. The van der Waals surface area contributed by atoms with Gasteiger partial charge in [0.15, 0.2) is 0 Å². The van der Waals surface area contributed by atoms with Gasteiger partial charge in [-0.2, -0.15) is 0 Å². The van der Waals surface area contributed by atoms with Gasteiger partial charge in [-0.15, -0.1) is 0 Å². The molecule has 0 aromatic heterocycles. The van der Waals surface area contributed by atoms with Crippen molar-refractivity contribution in [3.05, 3.63) is 62.1 Å². The molecule has 0 atom stereocenters. The van der Waals surface area contributed by atoms with Gasteiger partial charge in [0.2, 0.25) is 0 Å². The number of hydrogen-bond donors (Lipinski definition) is 1. The van der Waals surface area contributed by atoms with Crippen LogP contribution in [-0.4, -0.2) is 5.91 Å². The van der Waals surface area contributed by atoms with E-state index in [4.69, 9.17) is 46.4 Å². The molecule has 0 saturated heterocycles. The summed E-state index contributed by atoms with van der Waals surface area (Å²) in [4.78, 5) is 12.1. The number of rotatable bonds is 2. The van der Waals surface area contributed by atoms with Gasteiger partial charge in [0.1, 0.15) is 0 Å². The van der Waals surface area contributed by atoms with Crippen LogP contribution in [0.1, 0.15) is 10.4 Å². The van der Waals surface area contributed by atoms with Crippen LogP contribution in [0.5, 0.6) is 0 Å². The highest BCUT2D eigenvalue weighted by molar-refractivity contribution is 6.38. The van der Waals surface area contributed by atoms with E-state index in [1.165, 1.54) is 6.07 Å². The van der Waals surface area contributed by atoms with Gasteiger partial charge in [0.25, 0.3) is 5.91 Å². The predicted octanol–water partition coefficient (Wildman–Crippen LogP) is 5.55. The molecule has 0 aliphatic rings. The average Bonchev–Trinajstić information content (AvgIpc) is 2.36. The summed E-state index contributed by atoms with van der Waals surface area (Å²) in [6.45, 7) is 0. The number of halogens is 4. The smallest absolute Gasteiger partial charge is 0.257 e. The fourth-order valence-corrected chi connectivity index (χ4v) is 2.17. The Kier molecular flexibility index (Phi) is 4.58. The van der Waals surface area contributed by atoms with Crippen LogP contribution < -0.4 is 5.32 Å². The van der Waals surface area contributed by atoms with E-state index in [1.807, 2.05) is 0 Å². The molecule has 2 rings (SSSR count). The molecule has 2 nitrogen and oxygen atoms in total. The van der Waals surface area contributed by atoms with Gasteiger partial charge in [-0.3, -0.25) is 4.79 Å². The number of carbonyl (C=O) groups is 1. The van der Waals surface area contributed by atoms with Gasteiger partial charge < -0.3 is 5.32 Å². The van der Waals surface area contributed by atoms with Gasteiger partial charge in [-0.1, -0.05) is 46.4 Å². The van der Waals surface area contributed by atoms with Gasteiger partial charge >= 0.3 is 0 Å². The fourth-order valence-electron chi connectivity index (χ4n) is 1.45. The first-order valence-corrected chi connectivity index (χ1v) is 6.70. The van der Waals surface area contributed by atoms with Crippen LogP contribution in [0, 0.1) is 0 Å². The van der Waals surface area contributed by atoms with Crippen molar-refractivity contribution in [3.8, 4) is 0 Å². The van der Waals surface area contributed by atoms with Crippen molar-refractivity contribution in [1.29, 1.82) is 0 Å². The van der Waals surface area contributed by atoms with E-state index in [0.29, 0.717) is 25.8 Å². The Labute approximate surface area is 130 Å². The summed E-state index contributed by atoms with van der Waals surface area (Å²) in [7, 11) is 0. The number of carbonyl (C=O) groups excluding carboxylic acids is 1. The first-order chi connectivity index (χ1) is 8.97. The lowest BCUT2D eigenvalue weighted by Gasteiger charge is -2.09. The Bertz CT molecular complexity index is 643. The number of hydrogen-bond acceptors (Lipinski definition) is 1. The highest BCUT2D eigenvalue weighted by atomic mass is 35.5. The van der Waals surface area contributed by atoms with Gasteiger partial charge in [0.05, 0.1) is 21.3 Å². The minimum absolute atomic E-state index is 0.269. The molecule has 0 spiro atoms. The zero-order valence-corrected chi connectivity index (χ0v) is 12.4. The van der Waals surface area contributed by atoms with Gasteiger partial charge in [0, 0.05) is 10.0 Å². The van der Waals surface area contributed by atoms with E-state index in [-0.39, 0.29) is 5.56 Å². The molecule has 0 bridgehead atoms. The van der Waals surface area contributed by atoms with E-state index in [9.17, 15) is 4.79 Å². The minimum atomic E-state index is -0.406. The maximum absolute atomic E-state index is 12.1. The third-order valence-corrected chi connectivity index (χ3v) is 3.48. The Balaban J connectivity index is 2.30. The molecule has 0 radical (unpaired) electrons. The van der Waals surface area contributed by atoms with E-state index < -0.39 is 5.91 Å². The summed E-state index contributed by atoms with van der Waals surface area (Å²) >= 11 is 23.6. The second-order valence-electron chi connectivity index (χ2n) is 3.70. The van der Waals surface area contributed by atoms with Crippen LogP contribution in [0.4, 0.5) is 5.69 Å².